The van der Waals surface area contributed by atoms with Crippen molar-refractivity contribution in [1.29, 1.82) is 0 Å². The second kappa shape index (κ2) is 13.1. The number of H-pyrrole nitrogens is 1. The average molecular weight is 592 g/mol. The number of benzene rings is 3. The van der Waals surface area contributed by atoms with Crippen LogP contribution in [0.25, 0.3) is 10.9 Å². The first kappa shape index (κ1) is 28.4. The summed E-state index contributed by atoms with van der Waals surface area (Å²) >= 11 is 12.6. The Morgan fingerprint density at radius 2 is 1.54 bits per heavy atom. The standard InChI is InChI=1S/C34H40Cl2N4O/c1-38-19-21-39(22-20-38)17-4-2-3-5-23-41-29-13-6-25(7-14-29)34-33-30(31-24-27(36)10-15-32(31)37-33)16-18-40(34)28-11-8-26(35)9-12-28/h6-15,24,34,37H,2-5,16-23H2,1H3. The Labute approximate surface area is 254 Å². The molecule has 1 saturated heterocycles. The van der Waals surface area contributed by atoms with Crippen molar-refractivity contribution in [2.75, 3.05) is 57.8 Å². The van der Waals surface area contributed by atoms with E-state index in [4.69, 9.17) is 27.9 Å². The number of hydrogen-bond donors (Lipinski definition) is 1. The Balaban J connectivity index is 1.10. The van der Waals surface area contributed by atoms with E-state index in [0.717, 1.165) is 53.0 Å². The van der Waals surface area contributed by atoms with Crippen LogP contribution in [0.3, 0.4) is 0 Å². The van der Waals surface area contributed by atoms with Crippen molar-refractivity contribution in [3.05, 3.63) is 93.6 Å². The molecule has 1 fully saturated rings. The highest BCUT2D eigenvalue weighted by atomic mass is 35.5. The van der Waals surface area contributed by atoms with E-state index in [1.165, 1.54) is 74.2 Å². The van der Waals surface area contributed by atoms with Crippen LogP contribution in [0, 0.1) is 0 Å². The number of halogens is 2. The van der Waals surface area contributed by atoms with E-state index in [1.807, 2.05) is 18.2 Å². The molecule has 0 aliphatic carbocycles. The van der Waals surface area contributed by atoms with Gasteiger partial charge in [0.2, 0.25) is 0 Å². The summed E-state index contributed by atoms with van der Waals surface area (Å²) in [5.41, 5.74) is 6.11. The number of piperazine rings is 1. The Bertz CT molecular complexity index is 1430. The van der Waals surface area contributed by atoms with Crippen molar-refractivity contribution < 1.29 is 4.74 Å². The van der Waals surface area contributed by atoms with Crippen molar-refractivity contribution in [3.63, 3.8) is 0 Å². The predicted octanol–water partition coefficient (Wildman–Crippen LogP) is 7.81. The molecule has 6 rings (SSSR count). The molecule has 0 amide bonds. The largest absolute Gasteiger partial charge is 0.494 e. The molecule has 1 N–H and O–H groups in total. The van der Waals surface area contributed by atoms with Crippen molar-refractivity contribution in [2.45, 2.75) is 38.1 Å². The van der Waals surface area contributed by atoms with E-state index in [9.17, 15) is 0 Å². The van der Waals surface area contributed by atoms with Gasteiger partial charge in [-0.3, -0.25) is 0 Å². The summed E-state index contributed by atoms with van der Waals surface area (Å²) < 4.78 is 6.15. The number of nitrogens with zero attached hydrogens (tertiary/aromatic N) is 3. The first-order chi connectivity index (χ1) is 20.0. The molecule has 0 bridgehead atoms. The molecule has 2 aliphatic heterocycles. The average Bonchev–Trinajstić information content (AvgIpc) is 3.36. The van der Waals surface area contributed by atoms with Crippen LogP contribution in [0.2, 0.25) is 10.0 Å². The molecular weight excluding hydrogens is 551 g/mol. The van der Waals surface area contributed by atoms with Gasteiger partial charge in [-0.05, 0) is 98.6 Å². The van der Waals surface area contributed by atoms with Gasteiger partial charge in [0.15, 0.2) is 0 Å². The molecule has 1 atom stereocenters. The third-order valence-electron chi connectivity index (χ3n) is 8.68. The summed E-state index contributed by atoms with van der Waals surface area (Å²) in [4.78, 5) is 11.2. The fourth-order valence-electron chi connectivity index (χ4n) is 6.32. The van der Waals surface area contributed by atoms with Crippen molar-refractivity contribution in [2.24, 2.45) is 0 Å². The minimum atomic E-state index is 0.0560. The lowest BCUT2D eigenvalue weighted by molar-refractivity contribution is 0.151. The number of hydrogen-bond acceptors (Lipinski definition) is 4. The van der Waals surface area contributed by atoms with Crippen LogP contribution in [0.5, 0.6) is 5.75 Å². The van der Waals surface area contributed by atoms with E-state index in [1.54, 1.807) is 0 Å². The maximum Gasteiger partial charge on any atom is 0.119 e. The highest BCUT2D eigenvalue weighted by molar-refractivity contribution is 6.31. The molecule has 0 saturated carbocycles. The highest BCUT2D eigenvalue weighted by Gasteiger charge is 2.32. The molecule has 7 heteroatoms. The molecule has 3 aromatic carbocycles. The summed E-state index contributed by atoms with van der Waals surface area (Å²) in [7, 11) is 2.22. The van der Waals surface area contributed by atoms with E-state index >= 15 is 0 Å². The van der Waals surface area contributed by atoms with E-state index in [-0.39, 0.29) is 6.04 Å². The SMILES string of the molecule is CN1CCN(CCCCCCOc2ccc(C3c4[nH]c5ccc(Cl)cc5c4CCN3c3ccc(Cl)cc3)cc2)CC1. The fourth-order valence-corrected chi connectivity index (χ4v) is 6.61. The molecule has 216 valence electrons. The summed E-state index contributed by atoms with van der Waals surface area (Å²) in [5.74, 6) is 0.934. The van der Waals surface area contributed by atoms with Crippen molar-refractivity contribution in [3.8, 4) is 5.75 Å². The number of fused-ring (bicyclic) bond motifs is 3. The van der Waals surface area contributed by atoms with Crippen LogP contribution in [-0.2, 0) is 6.42 Å². The van der Waals surface area contributed by atoms with Gasteiger partial charge in [0.25, 0.3) is 0 Å². The molecule has 1 aromatic heterocycles. The number of unbranched alkanes of at least 4 members (excludes halogenated alkanes) is 3. The number of anilines is 1. The number of aromatic nitrogens is 1. The minimum absolute atomic E-state index is 0.0560. The van der Waals surface area contributed by atoms with Gasteiger partial charge >= 0.3 is 0 Å². The van der Waals surface area contributed by atoms with Gasteiger partial charge in [0.1, 0.15) is 5.75 Å². The lowest BCUT2D eigenvalue weighted by Crippen LogP contribution is -2.44. The second-order valence-corrected chi connectivity index (χ2v) is 12.4. The zero-order valence-electron chi connectivity index (χ0n) is 23.9. The van der Waals surface area contributed by atoms with Crippen LogP contribution < -0.4 is 9.64 Å². The molecule has 0 radical (unpaired) electrons. The number of aromatic amines is 1. The third-order valence-corrected chi connectivity index (χ3v) is 9.16. The zero-order chi connectivity index (χ0) is 28.2. The third kappa shape index (κ3) is 6.70. The summed E-state index contributed by atoms with van der Waals surface area (Å²) in [6, 6.07) is 23.0. The minimum Gasteiger partial charge on any atom is -0.494 e. The van der Waals surface area contributed by atoms with Crippen LogP contribution in [0.15, 0.2) is 66.7 Å². The maximum atomic E-state index is 6.39. The summed E-state index contributed by atoms with van der Waals surface area (Å²) in [6.07, 6.45) is 5.82. The lowest BCUT2D eigenvalue weighted by atomic mass is 9.91. The number of rotatable bonds is 10. The van der Waals surface area contributed by atoms with Gasteiger partial charge in [-0.2, -0.15) is 0 Å². The molecule has 1 unspecified atom stereocenters. The first-order valence-electron chi connectivity index (χ1n) is 15.0. The van der Waals surface area contributed by atoms with E-state index in [0.29, 0.717) is 0 Å². The first-order valence-corrected chi connectivity index (χ1v) is 15.8. The van der Waals surface area contributed by atoms with Gasteiger partial charge in [0.05, 0.1) is 12.6 Å². The monoisotopic (exact) mass is 590 g/mol. The molecule has 0 spiro atoms. The molecule has 41 heavy (non-hydrogen) atoms. The molecule has 5 nitrogen and oxygen atoms in total. The maximum absolute atomic E-state index is 6.39. The fraction of sp³-hybridized carbons (Fsp3) is 0.412. The van der Waals surface area contributed by atoms with Crippen LogP contribution in [-0.4, -0.2) is 67.7 Å². The van der Waals surface area contributed by atoms with Crippen molar-refractivity contribution in [1.82, 2.24) is 14.8 Å². The zero-order valence-corrected chi connectivity index (χ0v) is 25.4. The highest BCUT2D eigenvalue weighted by Crippen LogP contribution is 2.41. The van der Waals surface area contributed by atoms with E-state index in [2.05, 4.69) is 75.3 Å². The molecule has 2 aliphatic rings. The smallest absolute Gasteiger partial charge is 0.119 e. The number of nitrogens with one attached hydrogen (secondary N) is 1. The normalized spacial score (nSPS) is 18.1. The quantitative estimate of drug-likeness (QED) is 0.191. The predicted molar refractivity (Wildman–Crippen MR) is 172 cm³/mol. The summed E-state index contributed by atoms with van der Waals surface area (Å²) in [6.45, 7) is 7.73. The van der Waals surface area contributed by atoms with Gasteiger partial charge in [-0.1, -0.05) is 48.2 Å². The van der Waals surface area contributed by atoms with Crippen molar-refractivity contribution >= 4 is 39.8 Å². The van der Waals surface area contributed by atoms with Gasteiger partial charge in [-0.15, -0.1) is 0 Å². The van der Waals surface area contributed by atoms with Crippen LogP contribution >= 0.6 is 23.2 Å². The number of ether oxygens (including phenoxy) is 1. The Morgan fingerprint density at radius 1 is 0.805 bits per heavy atom. The van der Waals surface area contributed by atoms with Gasteiger partial charge < -0.3 is 24.4 Å². The Kier molecular flexibility index (Phi) is 9.07. The molecule has 4 aromatic rings. The Morgan fingerprint density at radius 3 is 2.32 bits per heavy atom. The topological polar surface area (TPSA) is 34.7 Å². The van der Waals surface area contributed by atoms with Gasteiger partial charge in [-0.25, -0.2) is 0 Å². The Hall–Kier alpha value is -2.70. The van der Waals surface area contributed by atoms with Crippen LogP contribution in [0.1, 0.15) is 48.5 Å². The molecule has 3 heterocycles. The van der Waals surface area contributed by atoms with E-state index < -0.39 is 0 Å². The second-order valence-electron chi connectivity index (χ2n) is 11.5. The number of likely N-dealkylation sites (N-methyl/N-ethyl adjacent to an activating group) is 1. The lowest BCUT2D eigenvalue weighted by Gasteiger charge is -2.38. The van der Waals surface area contributed by atoms with Gasteiger partial charge in [0, 0.05) is 65.1 Å². The summed E-state index contributed by atoms with van der Waals surface area (Å²) in [5, 5.41) is 2.74. The van der Waals surface area contributed by atoms with Crippen LogP contribution in [0.4, 0.5) is 5.69 Å². The molecular formula is C34H40Cl2N4O.